The SMILES string of the molecule is C1=Cc2cc3ccc(cc4ccc(cc5nc(cc1n2)C1=C5C2C=CC1CC2)[nH]4)[nH]3. The maximum atomic E-state index is 5.10. The average molecular weight is 388 g/mol. The minimum atomic E-state index is 0.471. The van der Waals surface area contributed by atoms with E-state index in [1.807, 2.05) is 0 Å². The summed E-state index contributed by atoms with van der Waals surface area (Å²) in [6.45, 7) is 0. The van der Waals surface area contributed by atoms with Gasteiger partial charge in [0.15, 0.2) is 0 Å². The number of nitrogens with zero attached hydrogens (tertiary/aromatic N) is 2. The molecule has 2 unspecified atom stereocenters. The van der Waals surface area contributed by atoms with E-state index in [9.17, 15) is 0 Å². The predicted octanol–water partition coefficient (Wildman–Crippen LogP) is 5.99. The third-order valence-electron chi connectivity index (χ3n) is 6.53. The van der Waals surface area contributed by atoms with Gasteiger partial charge in [-0.15, -0.1) is 0 Å². The lowest BCUT2D eigenvalue weighted by Gasteiger charge is -2.32. The molecule has 2 aliphatic heterocycles. The Morgan fingerprint density at radius 2 is 1.13 bits per heavy atom. The van der Waals surface area contributed by atoms with Gasteiger partial charge in [-0.2, -0.15) is 0 Å². The van der Waals surface area contributed by atoms with Gasteiger partial charge in [0.1, 0.15) is 0 Å². The van der Waals surface area contributed by atoms with E-state index < -0.39 is 0 Å². The first-order chi connectivity index (χ1) is 14.8. The lowest BCUT2D eigenvalue weighted by atomic mass is 9.71. The Balaban J connectivity index is 1.57. The molecule has 0 fully saturated rings. The molecule has 0 spiro atoms. The predicted molar refractivity (Wildman–Crippen MR) is 122 cm³/mol. The standard InChI is InChI=1S/C26H20N4/c1-2-16-4-3-15(1)25-23-13-21-9-7-19(28-21)11-17-5-6-18(27-17)12-20-8-10-22(29-20)14-24(30-23)26(16)25/h1-2,5-16,27-28H,3-4H2. The smallest absolute Gasteiger partial charge is 0.0700 e. The Morgan fingerprint density at radius 1 is 0.600 bits per heavy atom. The van der Waals surface area contributed by atoms with Gasteiger partial charge >= 0.3 is 0 Å². The van der Waals surface area contributed by atoms with Crippen LogP contribution in [0.4, 0.5) is 0 Å². The summed E-state index contributed by atoms with van der Waals surface area (Å²) < 4.78 is 0. The Kier molecular flexibility index (Phi) is 3.19. The molecule has 5 heterocycles. The Labute approximate surface area is 173 Å². The molecule has 3 aliphatic carbocycles. The van der Waals surface area contributed by atoms with Crippen LogP contribution >= 0.6 is 0 Å². The van der Waals surface area contributed by atoms with Crippen molar-refractivity contribution < 1.29 is 0 Å². The molecular weight excluding hydrogens is 368 g/mol. The van der Waals surface area contributed by atoms with E-state index >= 15 is 0 Å². The topological polar surface area (TPSA) is 57.4 Å². The first-order valence-corrected chi connectivity index (χ1v) is 10.6. The van der Waals surface area contributed by atoms with Crippen molar-refractivity contribution in [1.82, 2.24) is 19.9 Å². The van der Waals surface area contributed by atoms with E-state index in [0.29, 0.717) is 11.8 Å². The van der Waals surface area contributed by atoms with Crippen molar-refractivity contribution in [2.24, 2.45) is 11.8 Å². The summed E-state index contributed by atoms with van der Waals surface area (Å²) >= 11 is 0. The monoisotopic (exact) mass is 388 g/mol. The van der Waals surface area contributed by atoms with Gasteiger partial charge in [0, 0.05) is 33.9 Å². The third-order valence-corrected chi connectivity index (χ3v) is 6.53. The summed E-state index contributed by atoms with van der Waals surface area (Å²) in [4.78, 5) is 16.9. The quantitative estimate of drug-likeness (QED) is 0.363. The highest BCUT2D eigenvalue weighted by atomic mass is 14.8. The van der Waals surface area contributed by atoms with Crippen LogP contribution in [0.3, 0.4) is 0 Å². The molecule has 4 heteroatoms. The van der Waals surface area contributed by atoms with Gasteiger partial charge < -0.3 is 9.97 Å². The number of hydrogen-bond donors (Lipinski definition) is 2. The van der Waals surface area contributed by atoms with Crippen LogP contribution < -0.4 is 0 Å². The van der Waals surface area contributed by atoms with Crippen molar-refractivity contribution in [3.05, 3.63) is 83.5 Å². The molecule has 5 aliphatic rings. The second kappa shape index (κ2) is 5.92. The molecule has 3 aromatic heterocycles. The summed E-state index contributed by atoms with van der Waals surface area (Å²) in [5.74, 6) is 0.945. The molecule has 10 bridgehead atoms. The van der Waals surface area contributed by atoms with Crippen LogP contribution in [0, 0.1) is 11.8 Å². The number of rotatable bonds is 0. The molecular formula is C26H20N4. The molecule has 3 aromatic rings. The molecule has 8 rings (SSSR count). The summed E-state index contributed by atoms with van der Waals surface area (Å²) in [5, 5.41) is 0. The molecule has 2 atom stereocenters. The van der Waals surface area contributed by atoms with Crippen LogP contribution in [0.25, 0.3) is 45.4 Å². The van der Waals surface area contributed by atoms with E-state index in [-0.39, 0.29) is 0 Å². The molecule has 30 heavy (non-hydrogen) atoms. The van der Waals surface area contributed by atoms with Crippen LogP contribution in [0.5, 0.6) is 0 Å². The van der Waals surface area contributed by atoms with Crippen LogP contribution in [0.1, 0.15) is 35.6 Å². The maximum Gasteiger partial charge on any atom is 0.0700 e. The number of H-pyrrole nitrogens is 2. The fourth-order valence-electron chi connectivity index (χ4n) is 5.19. The lowest BCUT2D eigenvalue weighted by molar-refractivity contribution is 0.558. The van der Waals surface area contributed by atoms with Gasteiger partial charge in [0.05, 0.1) is 22.8 Å². The third kappa shape index (κ3) is 2.47. The van der Waals surface area contributed by atoms with Crippen molar-refractivity contribution in [3.63, 3.8) is 0 Å². The zero-order valence-electron chi connectivity index (χ0n) is 16.4. The number of hydrogen-bond acceptors (Lipinski definition) is 2. The van der Waals surface area contributed by atoms with Crippen molar-refractivity contribution in [3.8, 4) is 0 Å². The van der Waals surface area contributed by atoms with Gasteiger partial charge in [-0.1, -0.05) is 12.2 Å². The highest BCUT2D eigenvalue weighted by molar-refractivity contribution is 5.98. The number of fused-ring (bicyclic) bond motifs is 9. The number of aromatic amines is 2. The van der Waals surface area contributed by atoms with E-state index in [2.05, 4.69) is 82.8 Å². The Morgan fingerprint density at radius 3 is 1.77 bits per heavy atom. The molecule has 0 saturated heterocycles. The van der Waals surface area contributed by atoms with Gasteiger partial charge in [0.25, 0.3) is 0 Å². The molecule has 0 radical (unpaired) electrons. The number of nitrogens with one attached hydrogen (secondary N) is 2. The first kappa shape index (κ1) is 16.2. The van der Waals surface area contributed by atoms with E-state index in [1.165, 1.54) is 24.0 Å². The van der Waals surface area contributed by atoms with Gasteiger partial charge in [-0.25, -0.2) is 9.97 Å². The molecule has 0 aromatic carbocycles. The van der Waals surface area contributed by atoms with Gasteiger partial charge in [-0.3, -0.25) is 0 Å². The highest BCUT2D eigenvalue weighted by Gasteiger charge is 2.36. The van der Waals surface area contributed by atoms with Gasteiger partial charge in [-0.05, 0) is 84.7 Å². The van der Waals surface area contributed by atoms with Crippen molar-refractivity contribution in [2.75, 3.05) is 0 Å². The maximum absolute atomic E-state index is 5.10. The Hall–Kier alpha value is -3.66. The highest BCUT2D eigenvalue weighted by Crippen LogP contribution is 2.51. The second-order valence-electron chi connectivity index (χ2n) is 8.50. The molecule has 4 nitrogen and oxygen atoms in total. The number of allylic oxidation sites excluding steroid dienone is 4. The summed E-state index contributed by atoms with van der Waals surface area (Å²) in [6.07, 6.45) is 11.3. The first-order valence-electron chi connectivity index (χ1n) is 10.6. The minimum absolute atomic E-state index is 0.471. The minimum Gasteiger partial charge on any atom is -0.355 e. The summed E-state index contributed by atoms with van der Waals surface area (Å²) in [7, 11) is 0. The second-order valence-corrected chi connectivity index (χ2v) is 8.50. The van der Waals surface area contributed by atoms with Gasteiger partial charge in [0.2, 0.25) is 0 Å². The largest absolute Gasteiger partial charge is 0.355 e. The van der Waals surface area contributed by atoms with Crippen molar-refractivity contribution in [1.29, 1.82) is 0 Å². The fraction of sp³-hybridized carbons (Fsp3) is 0.154. The Bertz CT molecular complexity index is 1460. The van der Waals surface area contributed by atoms with Crippen molar-refractivity contribution >= 4 is 45.4 Å². The molecule has 144 valence electrons. The van der Waals surface area contributed by atoms with Crippen molar-refractivity contribution in [2.45, 2.75) is 12.8 Å². The lowest BCUT2D eigenvalue weighted by Crippen LogP contribution is -2.18. The van der Waals surface area contributed by atoms with Crippen LogP contribution in [-0.4, -0.2) is 19.9 Å². The normalized spacial score (nSPS) is 21.3. The molecule has 0 saturated carbocycles. The van der Waals surface area contributed by atoms with E-state index in [0.717, 1.165) is 44.8 Å². The van der Waals surface area contributed by atoms with E-state index in [4.69, 9.17) is 9.97 Å². The average Bonchev–Trinajstić information content (AvgIpc) is 3.54. The summed E-state index contributed by atoms with van der Waals surface area (Å²) in [6, 6.07) is 17.0. The zero-order chi connectivity index (χ0) is 19.7. The van der Waals surface area contributed by atoms with E-state index in [1.54, 1.807) is 0 Å². The molecule has 2 N–H and O–H groups in total. The van der Waals surface area contributed by atoms with Crippen LogP contribution in [-0.2, 0) is 0 Å². The number of aromatic nitrogens is 4. The van der Waals surface area contributed by atoms with Crippen LogP contribution in [0.15, 0.2) is 60.7 Å². The summed E-state index contributed by atoms with van der Waals surface area (Å²) in [5.41, 5.74) is 11.2. The fourth-order valence-corrected chi connectivity index (χ4v) is 5.19. The van der Waals surface area contributed by atoms with Crippen LogP contribution in [0.2, 0.25) is 0 Å². The molecule has 0 amide bonds. The zero-order valence-corrected chi connectivity index (χ0v) is 16.4.